The zero-order valence-electron chi connectivity index (χ0n) is 27.8. The molecule has 11 nitrogen and oxygen atoms in total. The Labute approximate surface area is 289 Å². The van der Waals surface area contributed by atoms with E-state index in [0.29, 0.717) is 71.9 Å². The van der Waals surface area contributed by atoms with E-state index in [4.69, 9.17) is 30.5 Å². The molecule has 0 bridgehead atoms. The summed E-state index contributed by atoms with van der Waals surface area (Å²) in [6, 6.07) is 18.8. The Morgan fingerprint density at radius 1 is 0.816 bits per heavy atom. The Morgan fingerprint density at radius 3 is 2.06 bits per heavy atom. The van der Waals surface area contributed by atoms with Crippen molar-refractivity contribution in [2.45, 2.75) is 13.1 Å². The lowest BCUT2D eigenvalue weighted by Gasteiger charge is -2.29. The number of hydrogen-bond donors (Lipinski definition) is 1. The number of anilines is 1. The fourth-order valence-corrected chi connectivity index (χ4v) is 6.01. The second-order valence-corrected chi connectivity index (χ2v) is 11.9. The third kappa shape index (κ3) is 7.85. The Bertz CT molecular complexity index is 1960. The number of halogens is 1. The van der Waals surface area contributed by atoms with Crippen molar-refractivity contribution in [3.05, 3.63) is 106 Å². The van der Waals surface area contributed by atoms with Gasteiger partial charge in [-0.3, -0.25) is 19.4 Å². The number of aromatic nitrogens is 4. The van der Waals surface area contributed by atoms with Crippen LogP contribution in [0.3, 0.4) is 0 Å². The molecule has 12 heteroatoms. The van der Waals surface area contributed by atoms with Crippen molar-refractivity contribution in [3.63, 3.8) is 0 Å². The molecule has 0 amide bonds. The molecule has 3 heterocycles. The fraction of sp³-hybridized carbons (Fsp3) is 0.243. The van der Waals surface area contributed by atoms with Gasteiger partial charge in [0.1, 0.15) is 0 Å². The molecule has 1 aliphatic rings. The maximum Gasteiger partial charge on any atom is 0.187 e. The molecule has 0 unspecified atom stereocenters. The summed E-state index contributed by atoms with van der Waals surface area (Å²) in [5, 5.41) is 13.9. The maximum atomic E-state index is 13.9. The van der Waals surface area contributed by atoms with E-state index in [1.54, 1.807) is 34.6 Å². The van der Waals surface area contributed by atoms with E-state index in [9.17, 15) is 4.79 Å². The lowest BCUT2D eigenvalue weighted by molar-refractivity contribution is -0.113. The smallest absolute Gasteiger partial charge is 0.187 e. The average molecular weight is 681 g/mol. The Morgan fingerprint density at radius 2 is 1.45 bits per heavy atom. The minimum atomic E-state index is -0.0264. The van der Waals surface area contributed by atoms with Crippen molar-refractivity contribution in [1.29, 1.82) is 0 Å². The lowest BCUT2D eigenvalue weighted by Crippen LogP contribution is -2.37. The van der Waals surface area contributed by atoms with Crippen molar-refractivity contribution in [3.8, 4) is 23.0 Å². The molecule has 1 aliphatic heterocycles. The molecule has 2 aromatic heterocycles. The monoisotopic (exact) mass is 680 g/mol. The first-order chi connectivity index (χ1) is 23.9. The van der Waals surface area contributed by atoms with E-state index in [-0.39, 0.29) is 5.78 Å². The molecule has 1 saturated heterocycles. The van der Waals surface area contributed by atoms with E-state index in [1.165, 1.54) is 0 Å². The van der Waals surface area contributed by atoms with Gasteiger partial charge in [-0.25, -0.2) is 0 Å². The molecule has 6 rings (SSSR count). The van der Waals surface area contributed by atoms with Gasteiger partial charge in [0.25, 0.3) is 0 Å². The van der Waals surface area contributed by atoms with Crippen molar-refractivity contribution >= 4 is 46.1 Å². The van der Waals surface area contributed by atoms with Crippen LogP contribution in [0.15, 0.2) is 84.2 Å². The number of benzene rings is 3. The summed E-state index contributed by atoms with van der Waals surface area (Å²) in [6.45, 7) is 2.62. The number of fused-ring (bicyclic) bond motifs is 1. The van der Waals surface area contributed by atoms with Crippen molar-refractivity contribution in [1.82, 2.24) is 24.9 Å². The first-order valence-corrected chi connectivity index (χ1v) is 16.0. The van der Waals surface area contributed by atoms with Gasteiger partial charge in [0, 0.05) is 65.8 Å². The number of ketones is 1. The third-order valence-electron chi connectivity index (χ3n) is 8.20. The van der Waals surface area contributed by atoms with Crippen LogP contribution >= 0.6 is 11.6 Å². The summed E-state index contributed by atoms with van der Waals surface area (Å²) in [4.78, 5) is 20.5. The van der Waals surface area contributed by atoms with Gasteiger partial charge in [-0.2, -0.15) is 0 Å². The van der Waals surface area contributed by atoms with Gasteiger partial charge in [-0.15, -0.1) is 5.10 Å². The number of methoxy groups -OCH3 is 4. The second-order valence-electron chi connectivity index (χ2n) is 11.5. The molecule has 3 aromatic carbocycles. The number of piperidine rings is 1. The molecule has 252 valence electrons. The van der Waals surface area contributed by atoms with Gasteiger partial charge in [-0.1, -0.05) is 28.9 Å². The van der Waals surface area contributed by atoms with Crippen LogP contribution in [0.4, 0.5) is 5.69 Å². The summed E-state index contributed by atoms with van der Waals surface area (Å²) < 4.78 is 23.6. The zero-order chi connectivity index (χ0) is 34.3. The molecule has 0 saturated carbocycles. The molecule has 49 heavy (non-hydrogen) atoms. The van der Waals surface area contributed by atoms with Crippen molar-refractivity contribution in [2.24, 2.45) is 0 Å². The summed E-state index contributed by atoms with van der Waals surface area (Å²) >= 11 is 6.14. The minimum absolute atomic E-state index is 0.0264. The number of ether oxygens (including phenoxy) is 4. The first kappa shape index (κ1) is 33.5. The topological polar surface area (TPSA) is 113 Å². The largest absolute Gasteiger partial charge is 0.493 e. The maximum absolute atomic E-state index is 13.9. The van der Waals surface area contributed by atoms with Crippen LogP contribution in [0.5, 0.6) is 23.0 Å². The van der Waals surface area contributed by atoms with Crippen LogP contribution in [-0.2, 0) is 17.9 Å². The molecule has 1 N–H and O–H groups in total. The summed E-state index contributed by atoms with van der Waals surface area (Å²) in [7, 11) is 6.37. The fourth-order valence-electron chi connectivity index (χ4n) is 5.84. The molecule has 5 aromatic rings. The number of hydrogen-bond acceptors (Lipinski definition) is 10. The standard InChI is InChI=1S/C37H37ClN6O5/c1-46-33-9-5-24(17-35(33)48-3)15-26-20-43(21-27(37(26)45)16-25-6-10-34(47-2)36(18-25)49-4)22-29-23-44(42-41-29)14-13-40-31-11-12-39-32-19-28(38)7-8-30(31)32/h5-12,15-19,23H,13-14,20-22H2,1-4H3,(H,39,40)/b26-15+,27-16+. The van der Waals surface area contributed by atoms with E-state index in [2.05, 4.69) is 25.5 Å². The predicted octanol–water partition coefficient (Wildman–Crippen LogP) is 6.18. The molecule has 0 atom stereocenters. The molecule has 0 aliphatic carbocycles. The van der Waals surface area contributed by atoms with Gasteiger partial charge in [0.15, 0.2) is 28.8 Å². The number of carbonyl (C=O) groups is 1. The number of rotatable bonds is 12. The Kier molecular flexibility index (Phi) is 10.4. The molecule has 0 spiro atoms. The number of nitrogens with zero attached hydrogens (tertiary/aromatic N) is 5. The van der Waals surface area contributed by atoms with Gasteiger partial charge < -0.3 is 24.3 Å². The van der Waals surface area contributed by atoms with Crippen LogP contribution in [-0.4, -0.2) is 78.7 Å². The quantitative estimate of drug-likeness (QED) is 0.153. The summed E-state index contributed by atoms with van der Waals surface area (Å²) in [6.07, 6.45) is 7.51. The van der Waals surface area contributed by atoms with Crippen LogP contribution in [0.25, 0.3) is 23.1 Å². The van der Waals surface area contributed by atoms with E-state index >= 15 is 0 Å². The number of carbonyl (C=O) groups excluding carboxylic acids is 1. The van der Waals surface area contributed by atoms with Crippen molar-refractivity contribution in [2.75, 3.05) is 53.4 Å². The van der Waals surface area contributed by atoms with E-state index in [1.807, 2.05) is 83.7 Å². The number of pyridine rings is 1. The van der Waals surface area contributed by atoms with E-state index < -0.39 is 0 Å². The van der Waals surface area contributed by atoms with Gasteiger partial charge in [-0.05, 0) is 71.8 Å². The Balaban J connectivity index is 1.21. The normalized spacial score (nSPS) is 15.2. The van der Waals surface area contributed by atoms with Crippen LogP contribution in [0, 0.1) is 0 Å². The van der Waals surface area contributed by atoms with Gasteiger partial charge in [0.2, 0.25) is 0 Å². The second kappa shape index (κ2) is 15.2. The molecular formula is C37H37ClN6O5. The highest BCUT2D eigenvalue weighted by atomic mass is 35.5. The summed E-state index contributed by atoms with van der Waals surface area (Å²) in [5.41, 5.74) is 5.56. The highest BCUT2D eigenvalue weighted by Crippen LogP contribution is 2.32. The number of Topliss-reactive ketones (excluding diaryl/α,β-unsaturated/α-hetero) is 1. The third-order valence-corrected chi connectivity index (χ3v) is 8.44. The molecular weight excluding hydrogens is 644 g/mol. The Hall–Kier alpha value is -5.39. The number of nitrogens with one attached hydrogen (secondary N) is 1. The predicted molar refractivity (Wildman–Crippen MR) is 191 cm³/mol. The first-order valence-electron chi connectivity index (χ1n) is 15.7. The minimum Gasteiger partial charge on any atom is -0.493 e. The SMILES string of the molecule is COc1ccc(/C=C2\CN(Cc3cn(CCNc4ccnc5cc(Cl)ccc45)nn3)C/C(=C\c3ccc(OC)c(OC)c3)C2=O)cc1OC. The highest BCUT2D eigenvalue weighted by Gasteiger charge is 2.27. The van der Waals surface area contributed by atoms with Crippen LogP contribution in [0.2, 0.25) is 5.02 Å². The zero-order valence-corrected chi connectivity index (χ0v) is 28.5. The molecule has 1 fully saturated rings. The molecule has 0 radical (unpaired) electrons. The van der Waals surface area contributed by atoms with E-state index in [0.717, 1.165) is 33.4 Å². The average Bonchev–Trinajstić information content (AvgIpc) is 3.56. The summed E-state index contributed by atoms with van der Waals surface area (Å²) in [5.74, 6) is 2.39. The van der Waals surface area contributed by atoms with Gasteiger partial charge in [0.05, 0.1) is 46.2 Å². The highest BCUT2D eigenvalue weighted by molar-refractivity contribution is 6.31. The van der Waals surface area contributed by atoms with Crippen LogP contribution < -0.4 is 24.3 Å². The number of likely N-dealkylation sites (tertiary alicyclic amines) is 1. The lowest BCUT2D eigenvalue weighted by atomic mass is 9.94. The van der Waals surface area contributed by atoms with Crippen LogP contribution in [0.1, 0.15) is 16.8 Å². The van der Waals surface area contributed by atoms with Gasteiger partial charge >= 0.3 is 0 Å². The van der Waals surface area contributed by atoms with Crippen molar-refractivity contribution < 1.29 is 23.7 Å².